The molecule has 4 aromatic rings. The minimum atomic E-state index is -0.548. The summed E-state index contributed by atoms with van der Waals surface area (Å²) >= 11 is 0. The molecule has 0 saturated carbocycles. The summed E-state index contributed by atoms with van der Waals surface area (Å²) in [6, 6.07) is 16.5. The minimum Gasteiger partial charge on any atom is -0.312 e. The second-order valence-corrected chi connectivity index (χ2v) is 7.90. The Hall–Kier alpha value is -4.04. The lowest BCUT2D eigenvalue weighted by molar-refractivity contribution is 0.112. The van der Waals surface area contributed by atoms with Gasteiger partial charge >= 0.3 is 0 Å². The lowest BCUT2D eigenvalue weighted by Gasteiger charge is -2.11. The van der Waals surface area contributed by atoms with Crippen molar-refractivity contribution in [1.82, 2.24) is 19.7 Å². The summed E-state index contributed by atoms with van der Waals surface area (Å²) in [6.07, 6.45) is 2.56. The predicted molar refractivity (Wildman–Crippen MR) is 127 cm³/mol. The van der Waals surface area contributed by atoms with Gasteiger partial charge in [-0.2, -0.15) is 5.10 Å². The van der Waals surface area contributed by atoms with Crippen LogP contribution in [0.15, 0.2) is 66.9 Å². The van der Waals surface area contributed by atoms with Crippen LogP contribution >= 0.6 is 0 Å². The van der Waals surface area contributed by atoms with Crippen LogP contribution in [0, 0.1) is 16.6 Å². The van der Waals surface area contributed by atoms with Crippen molar-refractivity contribution in [1.29, 1.82) is 10.8 Å². The van der Waals surface area contributed by atoms with E-state index in [-0.39, 0.29) is 23.3 Å². The monoisotopic (exact) mass is 444 g/mol. The van der Waals surface area contributed by atoms with Gasteiger partial charge in [0.25, 0.3) is 0 Å². The zero-order chi connectivity index (χ0) is 24.0. The fourth-order valence-corrected chi connectivity index (χ4v) is 3.11. The van der Waals surface area contributed by atoms with Crippen molar-refractivity contribution in [3.8, 4) is 11.3 Å². The highest BCUT2D eigenvalue weighted by atomic mass is 19.1. The average molecular weight is 445 g/mol. The van der Waals surface area contributed by atoms with Crippen LogP contribution < -0.4 is 5.49 Å². The minimum absolute atomic E-state index is 0.0354. The van der Waals surface area contributed by atoms with Gasteiger partial charge in [0.15, 0.2) is 0 Å². The highest BCUT2D eigenvalue weighted by Crippen LogP contribution is 2.19. The first-order valence-corrected chi connectivity index (χ1v) is 10.2. The Morgan fingerprint density at radius 2 is 1.85 bits per heavy atom. The molecule has 4 rings (SSSR count). The number of nitrogens with zero attached hydrogens (tertiary/aromatic N) is 4. The lowest BCUT2D eigenvalue weighted by atomic mass is 10.1. The molecule has 2 aromatic heterocycles. The third kappa shape index (κ3) is 6.24. The van der Waals surface area contributed by atoms with Gasteiger partial charge in [0, 0.05) is 29.1 Å². The number of pyridine rings is 1. The van der Waals surface area contributed by atoms with E-state index in [0.717, 1.165) is 22.5 Å². The van der Waals surface area contributed by atoms with Gasteiger partial charge in [-0.05, 0) is 75.2 Å². The molecule has 0 unspecified atom stereocenters. The summed E-state index contributed by atoms with van der Waals surface area (Å²) in [7, 11) is 6.00. The van der Waals surface area contributed by atoms with Crippen LogP contribution in [0.1, 0.15) is 15.9 Å². The smallest absolute Gasteiger partial charge is 0.150 e. The van der Waals surface area contributed by atoms with Crippen molar-refractivity contribution in [3.05, 3.63) is 89.3 Å². The van der Waals surface area contributed by atoms with Crippen LogP contribution in [-0.2, 0) is 6.42 Å². The van der Waals surface area contributed by atoms with E-state index in [0.29, 0.717) is 17.5 Å². The van der Waals surface area contributed by atoms with E-state index in [1.807, 2.05) is 56.4 Å². The van der Waals surface area contributed by atoms with Crippen molar-refractivity contribution >= 4 is 23.0 Å². The van der Waals surface area contributed by atoms with Crippen molar-refractivity contribution in [2.75, 3.05) is 21.1 Å². The number of rotatable bonds is 4. The quantitative estimate of drug-likeness (QED) is 0.284. The third-order valence-electron chi connectivity index (χ3n) is 4.48. The molecule has 0 saturated heterocycles. The molecule has 0 spiro atoms. The molecule has 2 heterocycles. The van der Waals surface area contributed by atoms with E-state index in [1.54, 1.807) is 12.3 Å². The molecule has 8 heteroatoms. The first kappa shape index (κ1) is 23.6. The largest absolute Gasteiger partial charge is 0.312 e. The summed E-state index contributed by atoms with van der Waals surface area (Å²) in [5.41, 5.74) is 2.77. The summed E-state index contributed by atoms with van der Waals surface area (Å²) in [6.45, 7) is 0. The van der Waals surface area contributed by atoms with Crippen LogP contribution in [-0.4, -0.2) is 52.9 Å². The summed E-state index contributed by atoms with van der Waals surface area (Å²) in [4.78, 5) is 17.3. The Bertz CT molecular complexity index is 1360. The number of hydrogen-bond donors (Lipinski definition) is 2. The van der Waals surface area contributed by atoms with E-state index < -0.39 is 5.82 Å². The van der Waals surface area contributed by atoms with Crippen molar-refractivity contribution in [2.45, 2.75) is 6.42 Å². The number of fused-ring (bicyclic) bond motifs is 1. The number of carbonyl (C=O) groups excluding carboxylic acids is 1. The maximum Gasteiger partial charge on any atom is 0.150 e. The van der Waals surface area contributed by atoms with Gasteiger partial charge in [-0.15, -0.1) is 0 Å². The van der Waals surface area contributed by atoms with Gasteiger partial charge in [-0.1, -0.05) is 12.1 Å². The van der Waals surface area contributed by atoms with Gasteiger partial charge in [-0.25, -0.2) is 9.07 Å². The molecular formula is C25H25FN6O. The van der Waals surface area contributed by atoms with E-state index in [1.165, 1.54) is 22.9 Å². The van der Waals surface area contributed by atoms with Crippen molar-refractivity contribution < 1.29 is 9.18 Å². The molecule has 168 valence electrons. The van der Waals surface area contributed by atoms with Crippen molar-refractivity contribution in [3.63, 3.8) is 0 Å². The fourth-order valence-electron chi connectivity index (χ4n) is 3.11. The molecule has 0 amide bonds. The van der Waals surface area contributed by atoms with Crippen LogP contribution in [0.4, 0.5) is 4.39 Å². The van der Waals surface area contributed by atoms with Crippen LogP contribution in [0.25, 0.3) is 22.2 Å². The normalized spacial score (nSPS) is 10.6. The van der Waals surface area contributed by atoms with Crippen LogP contribution in [0.3, 0.4) is 0 Å². The molecule has 0 aliphatic heterocycles. The number of aromatic nitrogens is 3. The molecule has 0 bridgehead atoms. The number of halogens is 1. The van der Waals surface area contributed by atoms with Gasteiger partial charge in [0.05, 0.1) is 11.2 Å². The molecular weight excluding hydrogens is 419 g/mol. The maximum absolute atomic E-state index is 13.8. The Morgan fingerprint density at radius 3 is 2.58 bits per heavy atom. The number of carbonyl (C=O) groups is 1. The fraction of sp³-hybridized carbons (Fsp3) is 0.160. The molecule has 0 aliphatic carbocycles. The standard InChI is InChI=1S/C22H16FN5O.C3H9N/c23-18-10-15(13-29)9-17(12-18)20-5-6-21(24)28(27-20)22(25)11-14-3-4-19-16(8-14)2-1-7-26-19;1-4(2)3/h1-10,12-13,24-25H,11H2;1-3H3. The third-order valence-corrected chi connectivity index (χ3v) is 4.48. The predicted octanol–water partition coefficient (Wildman–Crippen LogP) is 3.78. The zero-order valence-electron chi connectivity index (χ0n) is 18.7. The first-order chi connectivity index (χ1) is 15.8. The Morgan fingerprint density at radius 1 is 1.09 bits per heavy atom. The number of benzene rings is 2. The first-order valence-electron chi connectivity index (χ1n) is 10.2. The molecule has 33 heavy (non-hydrogen) atoms. The number of hydrogen-bond acceptors (Lipinski definition) is 6. The summed E-state index contributed by atoms with van der Waals surface area (Å²) in [5, 5.41) is 21.8. The number of aldehydes is 1. The van der Waals surface area contributed by atoms with E-state index in [2.05, 4.69) is 10.1 Å². The Kier molecular flexibility index (Phi) is 7.53. The SMILES string of the molecule is CN(C)C.N=C(Cc1ccc2ncccc2c1)n1nc(-c2cc(F)cc(C=O)c2)ccc1=N. The summed E-state index contributed by atoms with van der Waals surface area (Å²) < 4.78 is 15.0. The van der Waals surface area contributed by atoms with Crippen LogP contribution in [0.2, 0.25) is 0 Å². The average Bonchev–Trinajstić information content (AvgIpc) is 2.78. The van der Waals surface area contributed by atoms with Gasteiger partial charge in [0.2, 0.25) is 0 Å². The van der Waals surface area contributed by atoms with Crippen LogP contribution in [0.5, 0.6) is 0 Å². The zero-order valence-corrected chi connectivity index (χ0v) is 18.7. The lowest BCUT2D eigenvalue weighted by Crippen LogP contribution is -2.30. The van der Waals surface area contributed by atoms with Gasteiger partial charge in [0.1, 0.15) is 23.4 Å². The second kappa shape index (κ2) is 10.5. The number of nitrogens with one attached hydrogen (secondary N) is 2. The topological polar surface area (TPSA) is 98.7 Å². The highest BCUT2D eigenvalue weighted by molar-refractivity contribution is 5.85. The Balaban J connectivity index is 0.000000709. The van der Waals surface area contributed by atoms with E-state index in [4.69, 9.17) is 10.8 Å². The Labute approximate surface area is 191 Å². The van der Waals surface area contributed by atoms with Gasteiger partial charge in [-0.3, -0.25) is 20.6 Å². The molecule has 2 N–H and O–H groups in total. The molecule has 0 atom stereocenters. The molecule has 2 aromatic carbocycles. The molecule has 7 nitrogen and oxygen atoms in total. The molecule has 0 radical (unpaired) electrons. The summed E-state index contributed by atoms with van der Waals surface area (Å²) in [5.74, 6) is -0.445. The van der Waals surface area contributed by atoms with Crippen molar-refractivity contribution in [2.24, 2.45) is 0 Å². The molecule has 0 aliphatic rings. The maximum atomic E-state index is 13.8. The van der Waals surface area contributed by atoms with E-state index >= 15 is 0 Å². The molecule has 0 fully saturated rings. The second-order valence-electron chi connectivity index (χ2n) is 7.90. The van der Waals surface area contributed by atoms with Gasteiger partial charge < -0.3 is 4.90 Å². The van der Waals surface area contributed by atoms with E-state index in [9.17, 15) is 9.18 Å². The highest BCUT2D eigenvalue weighted by Gasteiger charge is 2.10.